The van der Waals surface area contributed by atoms with E-state index in [2.05, 4.69) is 0 Å². The number of ether oxygens (including phenoxy) is 2. The lowest BCUT2D eigenvalue weighted by Crippen LogP contribution is -2.03. The van der Waals surface area contributed by atoms with Crippen LogP contribution in [0.3, 0.4) is 0 Å². The molecule has 0 unspecified atom stereocenters. The third kappa shape index (κ3) is 3.73. The number of hydrogen-bond acceptors (Lipinski definition) is 3. The molecule has 112 valence electrons. The molecule has 2 rings (SSSR count). The molecule has 0 aliphatic carbocycles. The minimum atomic E-state index is -0.796. The zero-order chi connectivity index (χ0) is 15.4. The highest BCUT2D eigenvalue weighted by Gasteiger charge is 2.12. The number of halogens is 1. The first-order chi connectivity index (χ1) is 10.0. The van der Waals surface area contributed by atoms with Crippen LogP contribution < -0.4 is 9.47 Å². The van der Waals surface area contributed by atoms with Crippen molar-refractivity contribution in [1.82, 2.24) is 0 Å². The molecule has 0 aliphatic heterocycles. The molecule has 2 aromatic rings. The van der Waals surface area contributed by atoms with Crippen molar-refractivity contribution in [1.29, 1.82) is 0 Å². The molecule has 0 bridgehead atoms. The Morgan fingerprint density at radius 2 is 1.86 bits per heavy atom. The molecule has 0 saturated heterocycles. The van der Waals surface area contributed by atoms with E-state index in [9.17, 15) is 9.50 Å². The van der Waals surface area contributed by atoms with Crippen molar-refractivity contribution < 1.29 is 19.0 Å². The molecule has 0 aromatic heterocycles. The predicted octanol–water partition coefficient (Wildman–Crippen LogP) is 3.78. The molecule has 0 radical (unpaired) electrons. The van der Waals surface area contributed by atoms with E-state index in [1.54, 1.807) is 14.0 Å². The Bertz CT molecular complexity index is 623. The molecule has 0 fully saturated rings. The van der Waals surface area contributed by atoms with Crippen LogP contribution in [-0.4, -0.2) is 12.2 Å². The fraction of sp³-hybridized carbons (Fsp3) is 0.294. The van der Waals surface area contributed by atoms with Gasteiger partial charge in [0.1, 0.15) is 23.9 Å². The fourth-order valence-corrected chi connectivity index (χ4v) is 2.15. The van der Waals surface area contributed by atoms with Crippen molar-refractivity contribution in [3.05, 3.63) is 58.9 Å². The van der Waals surface area contributed by atoms with Gasteiger partial charge >= 0.3 is 0 Å². The van der Waals surface area contributed by atoms with Gasteiger partial charge in [-0.05, 0) is 44.2 Å². The first-order valence-corrected chi connectivity index (χ1v) is 6.75. The molecule has 0 saturated carbocycles. The van der Waals surface area contributed by atoms with Crippen LogP contribution in [0.15, 0.2) is 36.4 Å². The molecule has 3 nitrogen and oxygen atoms in total. The molecule has 21 heavy (non-hydrogen) atoms. The summed E-state index contributed by atoms with van der Waals surface area (Å²) in [7, 11) is 1.60. The summed E-state index contributed by atoms with van der Waals surface area (Å²) >= 11 is 0. The molecular weight excluding hydrogens is 271 g/mol. The zero-order valence-electron chi connectivity index (χ0n) is 12.4. The fourth-order valence-electron chi connectivity index (χ4n) is 2.15. The van der Waals surface area contributed by atoms with Gasteiger partial charge in [0.15, 0.2) is 0 Å². The van der Waals surface area contributed by atoms with E-state index in [0.29, 0.717) is 11.3 Å². The van der Waals surface area contributed by atoms with Gasteiger partial charge < -0.3 is 14.6 Å². The maximum atomic E-state index is 13.3. The van der Waals surface area contributed by atoms with Crippen LogP contribution in [0.25, 0.3) is 0 Å². The van der Waals surface area contributed by atoms with Crippen LogP contribution in [0.5, 0.6) is 11.5 Å². The Hall–Kier alpha value is -2.07. The van der Waals surface area contributed by atoms with Gasteiger partial charge in [-0.15, -0.1) is 0 Å². The Balaban J connectivity index is 2.22. The second kappa shape index (κ2) is 6.59. The van der Waals surface area contributed by atoms with Gasteiger partial charge in [-0.2, -0.15) is 0 Å². The highest BCUT2D eigenvalue weighted by molar-refractivity contribution is 5.39. The van der Waals surface area contributed by atoms with Crippen LogP contribution in [0.4, 0.5) is 4.39 Å². The van der Waals surface area contributed by atoms with Gasteiger partial charge in [0.25, 0.3) is 0 Å². The Labute approximate surface area is 124 Å². The summed E-state index contributed by atoms with van der Waals surface area (Å²) in [6, 6.07) is 9.95. The van der Waals surface area contributed by atoms with Gasteiger partial charge in [0, 0.05) is 11.1 Å². The normalized spacial score (nSPS) is 12.0. The van der Waals surface area contributed by atoms with Crippen molar-refractivity contribution >= 4 is 0 Å². The quantitative estimate of drug-likeness (QED) is 0.911. The number of methoxy groups -OCH3 is 1. The summed E-state index contributed by atoms with van der Waals surface area (Å²) in [6.45, 7) is 3.85. The van der Waals surface area contributed by atoms with Crippen molar-refractivity contribution in [2.24, 2.45) is 0 Å². The van der Waals surface area contributed by atoms with Gasteiger partial charge in [0.05, 0.1) is 13.2 Å². The third-order valence-corrected chi connectivity index (χ3v) is 3.24. The number of aliphatic hydroxyl groups is 1. The lowest BCUT2D eigenvalue weighted by atomic mass is 10.1. The summed E-state index contributed by atoms with van der Waals surface area (Å²) in [4.78, 5) is 0. The average Bonchev–Trinajstić information content (AvgIpc) is 2.46. The Morgan fingerprint density at radius 1 is 1.14 bits per heavy atom. The van der Waals surface area contributed by atoms with Gasteiger partial charge in [-0.3, -0.25) is 0 Å². The molecule has 1 N–H and O–H groups in total. The minimum Gasteiger partial charge on any atom is -0.496 e. The zero-order valence-corrected chi connectivity index (χ0v) is 12.4. The van der Waals surface area contributed by atoms with Crippen LogP contribution in [0.2, 0.25) is 0 Å². The molecule has 4 heteroatoms. The van der Waals surface area contributed by atoms with Crippen molar-refractivity contribution in [2.75, 3.05) is 7.11 Å². The summed E-state index contributed by atoms with van der Waals surface area (Å²) in [5.41, 5.74) is 2.43. The number of aryl methyl sites for hydroxylation is 1. The van der Waals surface area contributed by atoms with Gasteiger partial charge in [0.2, 0.25) is 0 Å². The van der Waals surface area contributed by atoms with E-state index in [0.717, 1.165) is 16.9 Å². The maximum Gasteiger partial charge on any atom is 0.125 e. The van der Waals surface area contributed by atoms with Crippen LogP contribution in [-0.2, 0) is 6.61 Å². The molecule has 0 heterocycles. The lowest BCUT2D eigenvalue weighted by molar-refractivity contribution is 0.189. The number of rotatable bonds is 5. The molecule has 0 aliphatic rings. The van der Waals surface area contributed by atoms with Gasteiger partial charge in [-0.25, -0.2) is 4.39 Å². The monoisotopic (exact) mass is 290 g/mol. The van der Waals surface area contributed by atoms with E-state index >= 15 is 0 Å². The second-order valence-electron chi connectivity index (χ2n) is 4.96. The standard InChI is InChI=1S/C17H19FO3/c1-11-4-6-16(20-3)13(8-11)10-21-17-7-5-14(18)9-15(17)12(2)19/h4-9,12,19H,10H2,1-3H3/t12-/m1/s1. The van der Waals surface area contributed by atoms with Crippen LogP contribution in [0, 0.1) is 12.7 Å². The third-order valence-electron chi connectivity index (χ3n) is 3.24. The Kier molecular flexibility index (Phi) is 4.81. The number of benzene rings is 2. The van der Waals surface area contributed by atoms with E-state index in [1.165, 1.54) is 18.2 Å². The second-order valence-corrected chi connectivity index (χ2v) is 4.96. The summed E-state index contributed by atoms with van der Waals surface area (Å²) in [5, 5.41) is 9.70. The molecule has 2 aromatic carbocycles. The van der Waals surface area contributed by atoms with E-state index < -0.39 is 11.9 Å². The van der Waals surface area contributed by atoms with Crippen LogP contribution in [0.1, 0.15) is 29.7 Å². The summed E-state index contributed by atoms with van der Waals surface area (Å²) in [5.74, 6) is 0.808. The van der Waals surface area contributed by atoms with Gasteiger partial charge in [-0.1, -0.05) is 11.6 Å². The first kappa shape index (κ1) is 15.3. The summed E-state index contributed by atoms with van der Waals surface area (Å²) < 4.78 is 24.3. The maximum absolute atomic E-state index is 13.3. The SMILES string of the molecule is COc1ccc(C)cc1COc1ccc(F)cc1[C@@H](C)O. The highest BCUT2D eigenvalue weighted by atomic mass is 19.1. The lowest BCUT2D eigenvalue weighted by Gasteiger charge is -2.15. The van der Waals surface area contributed by atoms with Crippen LogP contribution >= 0.6 is 0 Å². The van der Waals surface area contributed by atoms with Crippen molar-refractivity contribution in [2.45, 2.75) is 26.6 Å². The smallest absolute Gasteiger partial charge is 0.125 e. The highest BCUT2D eigenvalue weighted by Crippen LogP contribution is 2.28. The molecule has 0 spiro atoms. The minimum absolute atomic E-state index is 0.288. The van der Waals surface area contributed by atoms with E-state index in [-0.39, 0.29) is 6.61 Å². The van der Waals surface area contributed by atoms with E-state index in [4.69, 9.17) is 9.47 Å². The largest absolute Gasteiger partial charge is 0.496 e. The molecule has 1 atom stereocenters. The van der Waals surface area contributed by atoms with Crippen molar-refractivity contribution in [3.63, 3.8) is 0 Å². The summed E-state index contributed by atoms with van der Waals surface area (Å²) in [6.07, 6.45) is -0.796. The number of aliphatic hydroxyl groups excluding tert-OH is 1. The Morgan fingerprint density at radius 3 is 2.52 bits per heavy atom. The molecular formula is C17H19FO3. The average molecular weight is 290 g/mol. The van der Waals surface area contributed by atoms with Crippen molar-refractivity contribution in [3.8, 4) is 11.5 Å². The number of hydrogen-bond donors (Lipinski definition) is 1. The van der Waals surface area contributed by atoms with E-state index in [1.807, 2.05) is 25.1 Å². The topological polar surface area (TPSA) is 38.7 Å². The molecule has 0 amide bonds. The first-order valence-electron chi connectivity index (χ1n) is 6.75. The predicted molar refractivity (Wildman–Crippen MR) is 79.1 cm³/mol.